The molecule has 1 atom stereocenters. The lowest BCUT2D eigenvalue weighted by atomic mass is 10.2. The molecule has 1 unspecified atom stereocenters. The molecule has 0 spiro atoms. The van der Waals surface area contributed by atoms with E-state index in [0.29, 0.717) is 22.8 Å². The lowest BCUT2D eigenvalue weighted by Gasteiger charge is -2.12. The van der Waals surface area contributed by atoms with Crippen molar-refractivity contribution in [2.24, 2.45) is 7.05 Å². The zero-order chi connectivity index (χ0) is 19.2. The minimum Gasteiger partial charge on any atom is -0.342 e. The van der Waals surface area contributed by atoms with Crippen LogP contribution >= 0.6 is 0 Å². The Balaban J connectivity index is 1.57. The quantitative estimate of drug-likeness (QED) is 0.642. The SMILES string of the molecule is CC(NC(=O)c1ccc(NC(=O)Nc2ccccc2)cc1)c1nnnn1C. The molecule has 0 aliphatic rings. The van der Waals surface area contributed by atoms with E-state index in [0.717, 1.165) is 0 Å². The number of urea groups is 1. The van der Waals surface area contributed by atoms with Crippen molar-refractivity contribution in [2.45, 2.75) is 13.0 Å². The zero-order valence-corrected chi connectivity index (χ0v) is 14.9. The summed E-state index contributed by atoms with van der Waals surface area (Å²) in [6, 6.07) is 15.0. The Morgan fingerprint density at radius 2 is 1.59 bits per heavy atom. The van der Waals surface area contributed by atoms with Gasteiger partial charge in [0.1, 0.15) is 0 Å². The third-order valence-corrected chi connectivity index (χ3v) is 3.82. The van der Waals surface area contributed by atoms with Gasteiger partial charge in [0, 0.05) is 24.0 Å². The Morgan fingerprint density at radius 1 is 0.963 bits per heavy atom. The number of anilines is 2. The van der Waals surface area contributed by atoms with Crippen molar-refractivity contribution in [1.82, 2.24) is 25.5 Å². The van der Waals surface area contributed by atoms with Crippen molar-refractivity contribution in [3.63, 3.8) is 0 Å². The number of carbonyl (C=O) groups excluding carboxylic acids is 2. The van der Waals surface area contributed by atoms with E-state index in [-0.39, 0.29) is 18.0 Å². The number of para-hydroxylation sites is 1. The van der Waals surface area contributed by atoms with E-state index in [4.69, 9.17) is 0 Å². The van der Waals surface area contributed by atoms with Gasteiger partial charge in [-0.3, -0.25) is 4.79 Å². The molecule has 0 bridgehead atoms. The maximum atomic E-state index is 12.3. The second-order valence-electron chi connectivity index (χ2n) is 5.88. The van der Waals surface area contributed by atoms with Crippen molar-refractivity contribution in [3.05, 3.63) is 66.0 Å². The topological polar surface area (TPSA) is 114 Å². The Labute approximate surface area is 155 Å². The number of amides is 3. The largest absolute Gasteiger partial charge is 0.342 e. The zero-order valence-electron chi connectivity index (χ0n) is 14.9. The van der Waals surface area contributed by atoms with E-state index in [1.54, 1.807) is 50.4 Å². The van der Waals surface area contributed by atoms with Crippen molar-refractivity contribution in [1.29, 1.82) is 0 Å². The predicted octanol–water partition coefficient (Wildman–Crippen LogP) is 2.35. The number of hydrogen-bond donors (Lipinski definition) is 3. The van der Waals surface area contributed by atoms with E-state index in [1.807, 2.05) is 18.2 Å². The molecular weight excluding hydrogens is 346 g/mol. The summed E-state index contributed by atoms with van der Waals surface area (Å²) in [5.74, 6) is 0.296. The van der Waals surface area contributed by atoms with E-state index in [2.05, 4.69) is 31.5 Å². The van der Waals surface area contributed by atoms with Crippen molar-refractivity contribution < 1.29 is 9.59 Å². The van der Waals surface area contributed by atoms with Crippen LogP contribution < -0.4 is 16.0 Å². The van der Waals surface area contributed by atoms with Gasteiger partial charge in [-0.05, 0) is 53.7 Å². The second-order valence-corrected chi connectivity index (χ2v) is 5.88. The predicted molar refractivity (Wildman–Crippen MR) is 100 cm³/mol. The molecule has 0 aliphatic carbocycles. The third kappa shape index (κ3) is 4.66. The number of carbonyl (C=O) groups is 2. The average Bonchev–Trinajstić information content (AvgIpc) is 3.09. The number of rotatable bonds is 5. The highest BCUT2D eigenvalue weighted by atomic mass is 16.2. The molecule has 3 amide bonds. The highest BCUT2D eigenvalue weighted by Crippen LogP contribution is 2.13. The molecular formula is C18H19N7O2. The van der Waals surface area contributed by atoms with Gasteiger partial charge in [0.25, 0.3) is 5.91 Å². The maximum Gasteiger partial charge on any atom is 0.323 e. The summed E-state index contributed by atoms with van der Waals surface area (Å²) in [7, 11) is 1.71. The standard InChI is InChI=1S/C18H19N7O2/c1-12(16-22-23-24-25(16)2)19-17(26)13-8-10-15(11-9-13)21-18(27)20-14-6-4-3-5-7-14/h3-12H,1-2H3,(H,19,26)(H2,20,21,27). The molecule has 0 radical (unpaired) electrons. The van der Waals surface area contributed by atoms with Crippen LogP contribution in [0.5, 0.6) is 0 Å². The molecule has 0 saturated carbocycles. The van der Waals surface area contributed by atoms with Gasteiger partial charge >= 0.3 is 6.03 Å². The fraction of sp³-hybridized carbons (Fsp3) is 0.167. The fourth-order valence-corrected chi connectivity index (χ4v) is 2.47. The van der Waals surface area contributed by atoms with Crippen LogP contribution in [0.4, 0.5) is 16.2 Å². The monoisotopic (exact) mass is 365 g/mol. The number of nitrogens with zero attached hydrogens (tertiary/aromatic N) is 4. The van der Waals surface area contributed by atoms with Crippen molar-refractivity contribution in [3.8, 4) is 0 Å². The lowest BCUT2D eigenvalue weighted by molar-refractivity contribution is 0.0937. The Morgan fingerprint density at radius 3 is 2.19 bits per heavy atom. The normalized spacial score (nSPS) is 11.5. The number of benzene rings is 2. The summed E-state index contributed by atoms with van der Waals surface area (Å²) in [4.78, 5) is 24.3. The van der Waals surface area contributed by atoms with Gasteiger partial charge in [0.05, 0.1) is 6.04 Å². The molecule has 0 saturated heterocycles. The number of tetrazole rings is 1. The van der Waals surface area contributed by atoms with Crippen LogP contribution in [0.2, 0.25) is 0 Å². The van der Waals surface area contributed by atoms with Gasteiger partial charge in [0.2, 0.25) is 0 Å². The van der Waals surface area contributed by atoms with E-state index in [1.165, 1.54) is 4.68 Å². The van der Waals surface area contributed by atoms with E-state index < -0.39 is 0 Å². The van der Waals surface area contributed by atoms with Crippen LogP contribution in [-0.4, -0.2) is 32.1 Å². The third-order valence-electron chi connectivity index (χ3n) is 3.82. The summed E-state index contributed by atoms with van der Waals surface area (Å²) in [6.07, 6.45) is 0. The molecule has 3 N–H and O–H groups in total. The molecule has 0 fully saturated rings. The highest BCUT2D eigenvalue weighted by Gasteiger charge is 2.16. The first-order valence-electron chi connectivity index (χ1n) is 8.29. The van der Waals surface area contributed by atoms with Gasteiger partial charge in [-0.25, -0.2) is 9.48 Å². The average molecular weight is 365 g/mol. The molecule has 27 heavy (non-hydrogen) atoms. The Hall–Kier alpha value is -3.75. The van der Waals surface area contributed by atoms with Crippen LogP contribution in [0.25, 0.3) is 0 Å². The van der Waals surface area contributed by atoms with Crippen LogP contribution in [0.1, 0.15) is 29.1 Å². The molecule has 9 heteroatoms. The number of nitrogens with one attached hydrogen (secondary N) is 3. The number of aryl methyl sites for hydroxylation is 1. The van der Waals surface area contributed by atoms with Gasteiger partial charge < -0.3 is 16.0 Å². The number of aromatic nitrogens is 4. The smallest absolute Gasteiger partial charge is 0.323 e. The summed E-state index contributed by atoms with van der Waals surface area (Å²) in [5, 5.41) is 19.4. The minimum absolute atomic E-state index is 0.259. The first-order chi connectivity index (χ1) is 13.0. The molecule has 1 heterocycles. The summed E-state index contributed by atoms with van der Waals surface area (Å²) in [6.45, 7) is 1.80. The van der Waals surface area contributed by atoms with E-state index >= 15 is 0 Å². The molecule has 3 rings (SSSR count). The fourth-order valence-electron chi connectivity index (χ4n) is 2.47. The molecule has 9 nitrogen and oxygen atoms in total. The van der Waals surface area contributed by atoms with Crippen LogP contribution in [0.3, 0.4) is 0 Å². The summed E-state index contributed by atoms with van der Waals surface area (Å²) < 4.78 is 1.50. The van der Waals surface area contributed by atoms with Gasteiger partial charge in [-0.15, -0.1) is 5.10 Å². The molecule has 2 aromatic carbocycles. The second kappa shape index (κ2) is 8.09. The first kappa shape index (κ1) is 18.1. The van der Waals surface area contributed by atoms with Gasteiger partial charge in [-0.1, -0.05) is 18.2 Å². The lowest BCUT2D eigenvalue weighted by Crippen LogP contribution is -2.28. The molecule has 0 aliphatic heterocycles. The molecule has 3 aromatic rings. The van der Waals surface area contributed by atoms with Crippen molar-refractivity contribution >= 4 is 23.3 Å². The van der Waals surface area contributed by atoms with Crippen molar-refractivity contribution in [2.75, 3.05) is 10.6 Å². The Bertz CT molecular complexity index is 922. The Kier molecular flexibility index (Phi) is 5.41. The van der Waals surface area contributed by atoms with Crippen LogP contribution in [-0.2, 0) is 7.05 Å². The van der Waals surface area contributed by atoms with Crippen LogP contribution in [0, 0.1) is 0 Å². The van der Waals surface area contributed by atoms with Gasteiger partial charge in [-0.2, -0.15) is 0 Å². The summed E-state index contributed by atoms with van der Waals surface area (Å²) in [5.41, 5.74) is 1.73. The van der Waals surface area contributed by atoms with E-state index in [9.17, 15) is 9.59 Å². The first-order valence-corrected chi connectivity index (χ1v) is 8.29. The minimum atomic E-state index is -0.359. The summed E-state index contributed by atoms with van der Waals surface area (Å²) >= 11 is 0. The number of hydrogen-bond acceptors (Lipinski definition) is 5. The maximum absolute atomic E-state index is 12.3. The van der Waals surface area contributed by atoms with Crippen LogP contribution in [0.15, 0.2) is 54.6 Å². The van der Waals surface area contributed by atoms with Gasteiger partial charge in [0.15, 0.2) is 5.82 Å². The highest BCUT2D eigenvalue weighted by molar-refractivity contribution is 6.00. The molecule has 138 valence electrons. The molecule has 1 aromatic heterocycles.